The minimum atomic E-state index is -0.376. The van der Waals surface area contributed by atoms with Gasteiger partial charge in [-0.1, -0.05) is 43.3 Å². The van der Waals surface area contributed by atoms with Crippen LogP contribution in [0.5, 0.6) is 5.75 Å². The molecule has 0 fully saturated rings. The van der Waals surface area contributed by atoms with Crippen LogP contribution >= 0.6 is 0 Å². The number of allylic oxidation sites excluding steroid dienone is 1. The van der Waals surface area contributed by atoms with Crippen LogP contribution < -0.4 is 10.1 Å². The first-order valence-corrected chi connectivity index (χ1v) is 10.5. The minimum Gasteiger partial charge on any atom is -0.421 e. The molecule has 1 N–H and O–H groups in total. The van der Waals surface area contributed by atoms with Crippen molar-refractivity contribution in [3.8, 4) is 5.75 Å². The van der Waals surface area contributed by atoms with Gasteiger partial charge in [0, 0.05) is 19.0 Å². The van der Waals surface area contributed by atoms with Crippen molar-refractivity contribution in [1.82, 2.24) is 0 Å². The summed E-state index contributed by atoms with van der Waals surface area (Å²) in [6, 6.07) is 13.1. The van der Waals surface area contributed by atoms with Gasteiger partial charge in [-0.05, 0) is 30.2 Å². The summed E-state index contributed by atoms with van der Waals surface area (Å²) >= 11 is 0. The smallest absolute Gasteiger partial charge is 0.343 e. The number of hydrogen-bond donors (Lipinski definition) is 1. The first-order chi connectivity index (χ1) is 14.3. The molecule has 0 aliphatic rings. The fourth-order valence-corrected chi connectivity index (χ4v) is 3.01. The number of quaternary nitrogens is 1. The molecular weight excluding hydrogens is 376 g/mol. The number of nitrogens with zero attached hydrogens (tertiary/aromatic N) is 1. The molecular formula is C25H35N2O3+. The Kier molecular flexibility index (Phi) is 9.09. The van der Waals surface area contributed by atoms with E-state index < -0.39 is 0 Å². The van der Waals surface area contributed by atoms with Gasteiger partial charge in [0.25, 0.3) is 0 Å². The highest BCUT2D eigenvalue weighted by Gasteiger charge is 2.13. The van der Waals surface area contributed by atoms with Crippen LogP contribution in [0.1, 0.15) is 41.3 Å². The van der Waals surface area contributed by atoms with Crippen LogP contribution in [0.4, 0.5) is 5.69 Å². The van der Waals surface area contributed by atoms with Crippen molar-refractivity contribution >= 4 is 17.7 Å². The number of hydrogen-bond acceptors (Lipinski definition) is 4. The topological polar surface area (TPSA) is 47.6 Å². The highest BCUT2D eigenvalue weighted by Crippen LogP contribution is 2.30. The third-order valence-electron chi connectivity index (χ3n) is 4.62. The molecule has 2 rings (SSSR count). The lowest BCUT2D eigenvalue weighted by Crippen LogP contribution is -2.35. The summed E-state index contributed by atoms with van der Waals surface area (Å²) < 4.78 is 12.3. The predicted molar refractivity (Wildman–Crippen MR) is 124 cm³/mol. The molecule has 0 radical (unpaired) electrons. The maximum Gasteiger partial charge on any atom is 0.343 e. The van der Waals surface area contributed by atoms with E-state index >= 15 is 0 Å². The number of para-hydroxylation sites is 1. The summed E-state index contributed by atoms with van der Waals surface area (Å²) in [5, 5.41) is 3.14. The molecule has 0 saturated heterocycles. The normalized spacial score (nSPS) is 11.6. The van der Waals surface area contributed by atoms with Gasteiger partial charge in [0.15, 0.2) is 5.75 Å². The first kappa shape index (κ1) is 23.6. The monoisotopic (exact) mass is 411 g/mol. The fraction of sp³-hybridized carbons (Fsp3) is 0.400. The molecule has 2 aromatic rings. The van der Waals surface area contributed by atoms with Crippen molar-refractivity contribution < 1.29 is 18.8 Å². The summed E-state index contributed by atoms with van der Waals surface area (Å²) in [5.74, 6) is 0.143. The Labute approximate surface area is 180 Å². The van der Waals surface area contributed by atoms with Crippen molar-refractivity contribution in [2.45, 2.75) is 26.4 Å². The molecule has 5 heteroatoms. The lowest BCUT2D eigenvalue weighted by atomic mass is 10.1. The Morgan fingerprint density at radius 3 is 2.47 bits per heavy atom. The van der Waals surface area contributed by atoms with Gasteiger partial charge < -0.3 is 19.3 Å². The molecule has 0 aromatic heterocycles. The highest BCUT2D eigenvalue weighted by atomic mass is 16.5. The minimum absolute atomic E-state index is 0.376. The predicted octanol–water partition coefficient (Wildman–Crippen LogP) is 4.98. The number of nitrogens with one attached hydrogen (secondary N) is 1. The van der Waals surface area contributed by atoms with Gasteiger partial charge in [-0.15, -0.1) is 0 Å². The molecule has 0 aliphatic carbocycles. The molecule has 0 heterocycles. The largest absolute Gasteiger partial charge is 0.421 e. The molecule has 0 atom stereocenters. The number of rotatable bonds is 11. The average Bonchev–Trinajstić information content (AvgIpc) is 2.71. The zero-order chi connectivity index (χ0) is 22.0. The van der Waals surface area contributed by atoms with Crippen LogP contribution in [0.15, 0.2) is 48.5 Å². The second kappa shape index (κ2) is 11.5. The Balaban J connectivity index is 1.94. The van der Waals surface area contributed by atoms with Gasteiger partial charge in [0.05, 0.1) is 52.2 Å². The summed E-state index contributed by atoms with van der Waals surface area (Å²) in [7, 11) is 8.35. The summed E-state index contributed by atoms with van der Waals surface area (Å²) in [6.45, 7) is 4.44. The number of benzene rings is 2. The van der Waals surface area contributed by atoms with E-state index in [1.165, 1.54) is 0 Å². The lowest BCUT2D eigenvalue weighted by molar-refractivity contribution is -0.870. The molecule has 5 nitrogen and oxygen atoms in total. The standard InChI is InChI=1S/C25H35N2O3/c1-6-7-10-21-11-8-12-23(24(21)26-2)30-25(28)22-15-13-20(14-16-22)19-29-18-9-17-27(3,4)5/h7-8,10-16,26H,6,9,17-19H2,1-5H3/q+1/b10-7-. The number of carbonyl (C=O) groups is 1. The van der Waals surface area contributed by atoms with E-state index in [0.717, 1.165) is 47.3 Å². The van der Waals surface area contributed by atoms with Gasteiger partial charge in [0.2, 0.25) is 0 Å². The number of carbonyl (C=O) groups excluding carboxylic acids is 1. The van der Waals surface area contributed by atoms with Crippen molar-refractivity contribution in [2.24, 2.45) is 0 Å². The van der Waals surface area contributed by atoms with Crippen molar-refractivity contribution in [3.63, 3.8) is 0 Å². The Hall–Kier alpha value is -2.63. The number of esters is 1. The van der Waals surface area contributed by atoms with Crippen LogP contribution in [0.25, 0.3) is 6.08 Å². The summed E-state index contributed by atoms with van der Waals surface area (Å²) in [4.78, 5) is 12.6. The van der Waals surface area contributed by atoms with Gasteiger partial charge in [0.1, 0.15) is 0 Å². The molecule has 0 bridgehead atoms. The molecule has 0 amide bonds. The van der Waals surface area contributed by atoms with Crippen LogP contribution in [-0.4, -0.2) is 51.8 Å². The van der Waals surface area contributed by atoms with E-state index in [2.05, 4.69) is 39.5 Å². The SMILES string of the molecule is CC/C=C\c1cccc(OC(=O)c2ccc(COCCC[N+](C)(C)C)cc2)c1NC. The van der Waals surface area contributed by atoms with Crippen molar-refractivity contribution in [3.05, 3.63) is 65.2 Å². The second-order valence-corrected chi connectivity index (χ2v) is 8.29. The Morgan fingerprint density at radius 2 is 1.83 bits per heavy atom. The third kappa shape index (κ3) is 7.65. The van der Waals surface area contributed by atoms with E-state index in [0.29, 0.717) is 17.9 Å². The van der Waals surface area contributed by atoms with Crippen molar-refractivity contribution in [1.29, 1.82) is 0 Å². The van der Waals surface area contributed by atoms with Gasteiger partial charge in [-0.2, -0.15) is 0 Å². The highest BCUT2D eigenvalue weighted by molar-refractivity contribution is 5.92. The van der Waals surface area contributed by atoms with Crippen LogP contribution in [0, 0.1) is 0 Å². The van der Waals surface area contributed by atoms with Crippen LogP contribution in [0.2, 0.25) is 0 Å². The van der Waals surface area contributed by atoms with E-state index in [1.807, 2.05) is 37.4 Å². The zero-order valence-corrected chi connectivity index (χ0v) is 18.9. The molecule has 0 aliphatic heterocycles. The van der Waals surface area contributed by atoms with Gasteiger partial charge in [-0.25, -0.2) is 4.79 Å². The molecule has 162 valence electrons. The summed E-state index contributed by atoms with van der Waals surface area (Å²) in [5.41, 5.74) is 3.34. The third-order valence-corrected chi connectivity index (χ3v) is 4.62. The van der Waals surface area contributed by atoms with Crippen molar-refractivity contribution in [2.75, 3.05) is 46.7 Å². The Bertz CT molecular complexity index is 836. The van der Waals surface area contributed by atoms with Crippen LogP contribution in [0.3, 0.4) is 0 Å². The average molecular weight is 412 g/mol. The molecule has 2 aromatic carbocycles. The maximum atomic E-state index is 12.6. The first-order valence-electron chi connectivity index (χ1n) is 10.5. The van der Waals surface area contributed by atoms with E-state index in [9.17, 15) is 4.79 Å². The van der Waals surface area contributed by atoms with Gasteiger partial charge in [-0.3, -0.25) is 0 Å². The fourth-order valence-electron chi connectivity index (χ4n) is 3.01. The van der Waals surface area contributed by atoms with Gasteiger partial charge >= 0.3 is 5.97 Å². The molecule has 30 heavy (non-hydrogen) atoms. The summed E-state index contributed by atoms with van der Waals surface area (Å²) in [6.07, 6.45) is 6.07. The van der Waals surface area contributed by atoms with E-state index in [-0.39, 0.29) is 5.97 Å². The van der Waals surface area contributed by atoms with E-state index in [1.54, 1.807) is 18.2 Å². The number of ether oxygens (including phenoxy) is 2. The quantitative estimate of drug-likeness (QED) is 0.245. The number of anilines is 1. The molecule has 0 spiro atoms. The van der Waals surface area contributed by atoms with E-state index in [4.69, 9.17) is 9.47 Å². The molecule has 0 saturated carbocycles. The Morgan fingerprint density at radius 1 is 1.10 bits per heavy atom. The zero-order valence-electron chi connectivity index (χ0n) is 18.9. The lowest BCUT2D eigenvalue weighted by Gasteiger charge is -2.23. The van der Waals surface area contributed by atoms with Crippen LogP contribution in [-0.2, 0) is 11.3 Å². The molecule has 0 unspecified atom stereocenters. The second-order valence-electron chi connectivity index (χ2n) is 8.29. The maximum absolute atomic E-state index is 12.6.